The summed E-state index contributed by atoms with van der Waals surface area (Å²) < 4.78 is 5.26. The van der Waals surface area contributed by atoms with Gasteiger partial charge in [-0.3, -0.25) is 0 Å². The molecular formula is C14H28N2O2. The highest BCUT2D eigenvalue weighted by Crippen LogP contribution is 2.47. The molecule has 1 fully saturated rings. The minimum atomic E-state index is -0.456. The second-order valence-electron chi connectivity index (χ2n) is 6.49. The highest BCUT2D eigenvalue weighted by molar-refractivity contribution is 5.68. The van der Waals surface area contributed by atoms with Gasteiger partial charge in [0.15, 0.2) is 0 Å². The molecule has 0 aromatic rings. The molecule has 0 aliphatic heterocycles. The van der Waals surface area contributed by atoms with E-state index >= 15 is 0 Å². The molecule has 4 heteroatoms. The lowest BCUT2D eigenvalue weighted by Gasteiger charge is -2.43. The SMILES string of the molecule is CCC1(CC(CN)NC(=O)OC(C)(C)C)CCC1. The molecule has 1 atom stereocenters. The van der Waals surface area contributed by atoms with Crippen molar-refractivity contribution >= 4 is 6.09 Å². The third-order valence-electron chi connectivity index (χ3n) is 3.85. The molecular weight excluding hydrogens is 228 g/mol. The van der Waals surface area contributed by atoms with E-state index in [4.69, 9.17) is 10.5 Å². The molecule has 0 spiro atoms. The zero-order chi connectivity index (χ0) is 13.8. The first kappa shape index (κ1) is 15.3. The van der Waals surface area contributed by atoms with E-state index in [1.54, 1.807) is 0 Å². The van der Waals surface area contributed by atoms with Crippen LogP contribution >= 0.6 is 0 Å². The Kier molecular flexibility index (Phi) is 5.02. The Hall–Kier alpha value is -0.770. The summed E-state index contributed by atoms with van der Waals surface area (Å²) in [5, 5.41) is 2.90. The molecule has 0 saturated heterocycles. The van der Waals surface area contributed by atoms with Crippen molar-refractivity contribution in [2.45, 2.75) is 71.4 Å². The van der Waals surface area contributed by atoms with Crippen molar-refractivity contribution in [1.82, 2.24) is 5.32 Å². The maximum absolute atomic E-state index is 11.7. The fourth-order valence-electron chi connectivity index (χ4n) is 2.57. The molecule has 1 aliphatic carbocycles. The normalized spacial score (nSPS) is 19.8. The first-order valence-electron chi connectivity index (χ1n) is 7.00. The van der Waals surface area contributed by atoms with Crippen molar-refractivity contribution in [1.29, 1.82) is 0 Å². The Bertz CT molecular complexity index is 274. The molecule has 0 radical (unpaired) electrons. The standard InChI is InChI=1S/C14H28N2O2/c1-5-14(7-6-8-14)9-11(10-15)16-12(17)18-13(2,3)4/h11H,5-10,15H2,1-4H3,(H,16,17). The van der Waals surface area contributed by atoms with E-state index in [1.165, 1.54) is 25.7 Å². The van der Waals surface area contributed by atoms with Crippen molar-refractivity contribution in [2.24, 2.45) is 11.1 Å². The molecule has 1 unspecified atom stereocenters. The summed E-state index contributed by atoms with van der Waals surface area (Å²) in [7, 11) is 0. The van der Waals surface area contributed by atoms with Crippen LogP contribution in [0, 0.1) is 5.41 Å². The van der Waals surface area contributed by atoms with Gasteiger partial charge < -0.3 is 15.8 Å². The number of ether oxygens (including phenoxy) is 1. The van der Waals surface area contributed by atoms with Crippen LogP contribution in [-0.2, 0) is 4.74 Å². The molecule has 18 heavy (non-hydrogen) atoms. The lowest BCUT2D eigenvalue weighted by molar-refractivity contribution is 0.0449. The molecule has 0 heterocycles. The Labute approximate surface area is 111 Å². The first-order valence-corrected chi connectivity index (χ1v) is 7.00. The zero-order valence-electron chi connectivity index (χ0n) is 12.2. The lowest BCUT2D eigenvalue weighted by atomic mass is 9.64. The second kappa shape index (κ2) is 5.91. The predicted molar refractivity (Wildman–Crippen MR) is 73.4 cm³/mol. The minimum Gasteiger partial charge on any atom is -0.444 e. The third-order valence-corrected chi connectivity index (χ3v) is 3.85. The Balaban J connectivity index is 2.44. The Morgan fingerprint density at radius 3 is 2.39 bits per heavy atom. The Morgan fingerprint density at radius 2 is 2.06 bits per heavy atom. The number of nitrogens with two attached hydrogens (primary N) is 1. The molecule has 0 aromatic carbocycles. The highest BCUT2D eigenvalue weighted by Gasteiger charge is 2.37. The van der Waals surface area contributed by atoms with Gasteiger partial charge in [0.1, 0.15) is 5.60 Å². The molecule has 106 valence electrons. The van der Waals surface area contributed by atoms with E-state index in [1.807, 2.05) is 20.8 Å². The summed E-state index contributed by atoms with van der Waals surface area (Å²) >= 11 is 0. The molecule has 1 amide bonds. The summed E-state index contributed by atoms with van der Waals surface area (Å²) in [6.45, 7) is 8.29. The number of alkyl carbamates (subject to hydrolysis) is 1. The summed E-state index contributed by atoms with van der Waals surface area (Å²) in [4.78, 5) is 11.7. The minimum absolute atomic E-state index is 0.0279. The van der Waals surface area contributed by atoms with E-state index < -0.39 is 5.60 Å². The van der Waals surface area contributed by atoms with Crippen LogP contribution in [-0.4, -0.2) is 24.3 Å². The average Bonchev–Trinajstić information content (AvgIpc) is 2.19. The molecule has 0 bridgehead atoms. The number of nitrogens with one attached hydrogen (secondary N) is 1. The summed E-state index contributed by atoms with van der Waals surface area (Å²) in [6, 6.07) is 0.0279. The van der Waals surface area contributed by atoms with Crippen molar-refractivity contribution < 1.29 is 9.53 Å². The van der Waals surface area contributed by atoms with E-state index in [-0.39, 0.29) is 12.1 Å². The van der Waals surface area contributed by atoms with Crippen LogP contribution in [0.3, 0.4) is 0 Å². The van der Waals surface area contributed by atoms with Gasteiger partial charge in [0.2, 0.25) is 0 Å². The second-order valence-corrected chi connectivity index (χ2v) is 6.49. The van der Waals surface area contributed by atoms with Crippen LogP contribution < -0.4 is 11.1 Å². The zero-order valence-corrected chi connectivity index (χ0v) is 12.2. The molecule has 1 aliphatic rings. The third kappa shape index (κ3) is 4.48. The lowest BCUT2D eigenvalue weighted by Crippen LogP contribution is -2.47. The molecule has 4 nitrogen and oxygen atoms in total. The summed E-state index contributed by atoms with van der Waals surface area (Å²) in [5.41, 5.74) is 5.70. The van der Waals surface area contributed by atoms with Gasteiger partial charge in [0, 0.05) is 12.6 Å². The monoisotopic (exact) mass is 256 g/mol. The average molecular weight is 256 g/mol. The number of amides is 1. The fraction of sp³-hybridized carbons (Fsp3) is 0.929. The van der Waals surface area contributed by atoms with Gasteiger partial charge in [-0.2, -0.15) is 0 Å². The van der Waals surface area contributed by atoms with Crippen LogP contribution in [0.5, 0.6) is 0 Å². The smallest absolute Gasteiger partial charge is 0.407 e. The van der Waals surface area contributed by atoms with E-state index in [9.17, 15) is 4.79 Å². The number of carbonyl (C=O) groups is 1. The van der Waals surface area contributed by atoms with Gasteiger partial charge in [-0.1, -0.05) is 19.8 Å². The van der Waals surface area contributed by atoms with Crippen molar-refractivity contribution in [3.05, 3.63) is 0 Å². The molecule has 3 N–H and O–H groups in total. The summed E-state index contributed by atoms with van der Waals surface area (Å²) in [6.07, 6.45) is 5.60. The van der Waals surface area contributed by atoms with Gasteiger partial charge in [0.25, 0.3) is 0 Å². The van der Waals surface area contributed by atoms with Crippen LogP contribution in [0.25, 0.3) is 0 Å². The van der Waals surface area contributed by atoms with Gasteiger partial charge in [-0.15, -0.1) is 0 Å². The van der Waals surface area contributed by atoms with Gasteiger partial charge in [0.05, 0.1) is 0 Å². The van der Waals surface area contributed by atoms with Crippen LogP contribution in [0.15, 0.2) is 0 Å². The Morgan fingerprint density at radius 1 is 1.44 bits per heavy atom. The van der Waals surface area contributed by atoms with Crippen LogP contribution in [0.4, 0.5) is 4.79 Å². The van der Waals surface area contributed by atoms with Crippen LogP contribution in [0.1, 0.15) is 59.8 Å². The number of hydrogen-bond donors (Lipinski definition) is 2. The van der Waals surface area contributed by atoms with E-state index in [2.05, 4.69) is 12.2 Å². The molecule has 1 saturated carbocycles. The van der Waals surface area contributed by atoms with Crippen LogP contribution in [0.2, 0.25) is 0 Å². The highest BCUT2D eigenvalue weighted by atomic mass is 16.6. The molecule has 1 rings (SSSR count). The maximum atomic E-state index is 11.7. The number of hydrogen-bond acceptors (Lipinski definition) is 3. The quantitative estimate of drug-likeness (QED) is 0.795. The van der Waals surface area contributed by atoms with Crippen molar-refractivity contribution in [2.75, 3.05) is 6.54 Å². The molecule has 0 aromatic heterocycles. The fourth-order valence-corrected chi connectivity index (χ4v) is 2.57. The van der Waals surface area contributed by atoms with Gasteiger partial charge in [-0.25, -0.2) is 4.79 Å². The maximum Gasteiger partial charge on any atom is 0.407 e. The largest absolute Gasteiger partial charge is 0.444 e. The predicted octanol–water partition coefficient (Wildman–Crippen LogP) is 2.81. The van der Waals surface area contributed by atoms with E-state index in [0.29, 0.717) is 12.0 Å². The van der Waals surface area contributed by atoms with E-state index in [0.717, 1.165) is 6.42 Å². The number of rotatable bonds is 5. The number of carbonyl (C=O) groups excluding carboxylic acids is 1. The first-order chi connectivity index (χ1) is 8.30. The van der Waals surface area contributed by atoms with Crippen molar-refractivity contribution in [3.8, 4) is 0 Å². The van der Waals surface area contributed by atoms with Crippen molar-refractivity contribution in [3.63, 3.8) is 0 Å². The summed E-state index contributed by atoms with van der Waals surface area (Å²) in [5.74, 6) is 0. The van der Waals surface area contributed by atoms with Gasteiger partial charge >= 0.3 is 6.09 Å². The van der Waals surface area contributed by atoms with Gasteiger partial charge in [-0.05, 0) is 45.4 Å². The topological polar surface area (TPSA) is 64.3 Å².